The van der Waals surface area contributed by atoms with Gasteiger partial charge >= 0.3 is 0 Å². The Morgan fingerprint density at radius 2 is 1.86 bits per heavy atom. The van der Waals surface area contributed by atoms with E-state index < -0.39 is 0 Å². The Hall–Kier alpha value is -1.84. The van der Waals surface area contributed by atoms with Crippen LogP contribution >= 0.6 is 0 Å². The minimum absolute atomic E-state index is 0.0165. The second-order valence-electron chi connectivity index (χ2n) is 5.80. The number of hydrogen-bond donors (Lipinski definition) is 1. The first kappa shape index (κ1) is 15.5. The molecule has 0 radical (unpaired) electrons. The van der Waals surface area contributed by atoms with Gasteiger partial charge in [0.05, 0.1) is 0 Å². The Bertz CT molecular complexity index is 495. The molecule has 1 amide bonds. The van der Waals surface area contributed by atoms with Crippen LogP contribution in [0.2, 0.25) is 0 Å². The number of Topliss-reactive ketones (excluding diaryl/α,β-unsaturated/α-hetero) is 1. The molecule has 2 atom stereocenters. The van der Waals surface area contributed by atoms with E-state index in [2.05, 4.69) is 12.2 Å². The number of hydrogen-bond acceptors (Lipinski definition) is 3. The van der Waals surface area contributed by atoms with Crippen molar-refractivity contribution in [1.82, 2.24) is 5.32 Å². The Kier molecular flexibility index (Phi) is 5.37. The van der Waals surface area contributed by atoms with E-state index in [0.717, 1.165) is 6.42 Å². The lowest BCUT2D eigenvalue weighted by Gasteiger charge is -2.29. The molecule has 0 unspecified atom stereocenters. The summed E-state index contributed by atoms with van der Waals surface area (Å²) in [6, 6.07) is 7.12. The van der Waals surface area contributed by atoms with Crippen molar-refractivity contribution in [2.45, 2.75) is 45.6 Å². The first-order chi connectivity index (χ1) is 10.1. The fourth-order valence-corrected chi connectivity index (χ4v) is 2.71. The van der Waals surface area contributed by atoms with Crippen molar-refractivity contribution >= 4 is 11.7 Å². The number of benzene rings is 1. The lowest BCUT2D eigenvalue weighted by Crippen LogP contribution is -2.43. The molecule has 0 aliphatic heterocycles. The Morgan fingerprint density at radius 1 is 1.19 bits per heavy atom. The standard InChI is InChI=1S/C17H23NO3/c1-12-5-3-4-6-16(12)18-17(20)11-21-15-9-7-14(8-10-15)13(2)19/h7-10,12,16H,3-6,11H2,1-2H3,(H,18,20)/t12-,16-/m1/s1. The molecule has 4 nitrogen and oxygen atoms in total. The second-order valence-corrected chi connectivity index (χ2v) is 5.80. The molecule has 0 bridgehead atoms. The number of nitrogens with one attached hydrogen (secondary N) is 1. The van der Waals surface area contributed by atoms with Crippen LogP contribution in [0.25, 0.3) is 0 Å². The molecule has 1 saturated carbocycles. The van der Waals surface area contributed by atoms with Crippen LogP contribution in [0.3, 0.4) is 0 Å². The van der Waals surface area contributed by atoms with Crippen LogP contribution in [0.1, 0.15) is 49.9 Å². The predicted molar refractivity (Wildman–Crippen MR) is 81.5 cm³/mol. The van der Waals surface area contributed by atoms with Crippen LogP contribution in [-0.2, 0) is 4.79 Å². The average molecular weight is 289 g/mol. The topological polar surface area (TPSA) is 55.4 Å². The zero-order valence-electron chi connectivity index (χ0n) is 12.7. The second kappa shape index (κ2) is 7.25. The average Bonchev–Trinajstić information content (AvgIpc) is 2.48. The molecular formula is C17H23NO3. The van der Waals surface area contributed by atoms with E-state index in [9.17, 15) is 9.59 Å². The van der Waals surface area contributed by atoms with Gasteiger partial charge in [0.1, 0.15) is 5.75 Å². The van der Waals surface area contributed by atoms with Crippen molar-refractivity contribution in [3.05, 3.63) is 29.8 Å². The highest BCUT2D eigenvalue weighted by atomic mass is 16.5. The zero-order chi connectivity index (χ0) is 15.2. The molecule has 1 fully saturated rings. The van der Waals surface area contributed by atoms with Gasteiger partial charge in [-0.15, -0.1) is 0 Å². The lowest BCUT2D eigenvalue weighted by molar-refractivity contribution is -0.124. The summed E-state index contributed by atoms with van der Waals surface area (Å²) < 4.78 is 5.46. The quantitative estimate of drug-likeness (QED) is 0.848. The molecule has 1 N–H and O–H groups in total. The van der Waals surface area contributed by atoms with Crippen LogP contribution in [0.4, 0.5) is 0 Å². The first-order valence-corrected chi connectivity index (χ1v) is 7.59. The smallest absolute Gasteiger partial charge is 0.258 e. The summed E-state index contributed by atoms with van der Waals surface area (Å²) in [6.45, 7) is 3.72. The number of ether oxygens (including phenoxy) is 1. The summed E-state index contributed by atoms with van der Waals surface area (Å²) in [4.78, 5) is 23.1. The Labute approximate surface area is 125 Å². The van der Waals surface area contributed by atoms with Crippen LogP contribution < -0.4 is 10.1 Å². The minimum atomic E-state index is -0.0793. The molecule has 114 valence electrons. The van der Waals surface area contributed by atoms with E-state index in [4.69, 9.17) is 4.74 Å². The molecule has 1 aromatic rings. The molecule has 2 rings (SSSR count). The largest absolute Gasteiger partial charge is 0.484 e. The maximum absolute atomic E-state index is 11.9. The number of ketones is 1. The van der Waals surface area contributed by atoms with E-state index in [1.165, 1.54) is 26.2 Å². The van der Waals surface area contributed by atoms with Crippen molar-refractivity contribution in [3.63, 3.8) is 0 Å². The third kappa shape index (κ3) is 4.59. The van der Waals surface area contributed by atoms with Gasteiger partial charge in [-0.05, 0) is 49.9 Å². The summed E-state index contributed by atoms with van der Waals surface area (Å²) in [5, 5.41) is 3.05. The third-order valence-electron chi connectivity index (χ3n) is 4.09. The number of carbonyl (C=O) groups is 2. The van der Waals surface area contributed by atoms with Gasteiger partial charge in [-0.2, -0.15) is 0 Å². The monoisotopic (exact) mass is 289 g/mol. The van der Waals surface area contributed by atoms with Gasteiger partial charge in [0.15, 0.2) is 12.4 Å². The summed E-state index contributed by atoms with van der Waals surface area (Å²) in [5.74, 6) is 1.08. The normalized spacial score (nSPS) is 21.6. The first-order valence-electron chi connectivity index (χ1n) is 7.59. The molecule has 1 aliphatic rings. The van der Waals surface area contributed by atoms with Crippen LogP contribution in [0.15, 0.2) is 24.3 Å². The molecule has 21 heavy (non-hydrogen) atoms. The van der Waals surface area contributed by atoms with Crippen LogP contribution in [-0.4, -0.2) is 24.3 Å². The van der Waals surface area contributed by atoms with E-state index in [-0.39, 0.29) is 24.3 Å². The van der Waals surface area contributed by atoms with Gasteiger partial charge in [0.2, 0.25) is 0 Å². The van der Waals surface area contributed by atoms with Crippen molar-refractivity contribution in [2.24, 2.45) is 5.92 Å². The molecular weight excluding hydrogens is 266 g/mol. The van der Waals surface area contributed by atoms with Gasteiger partial charge in [0.25, 0.3) is 5.91 Å². The zero-order valence-corrected chi connectivity index (χ0v) is 12.7. The van der Waals surface area contributed by atoms with Gasteiger partial charge in [-0.25, -0.2) is 0 Å². The lowest BCUT2D eigenvalue weighted by atomic mass is 9.86. The molecule has 0 aromatic heterocycles. The predicted octanol–water partition coefficient (Wildman–Crippen LogP) is 2.96. The Morgan fingerprint density at radius 3 is 2.48 bits per heavy atom. The van der Waals surface area contributed by atoms with E-state index in [1.807, 2.05) is 0 Å². The van der Waals surface area contributed by atoms with E-state index >= 15 is 0 Å². The van der Waals surface area contributed by atoms with Crippen molar-refractivity contribution in [3.8, 4) is 5.75 Å². The number of amides is 1. The maximum atomic E-state index is 11.9. The molecule has 0 heterocycles. The maximum Gasteiger partial charge on any atom is 0.258 e. The van der Waals surface area contributed by atoms with Crippen molar-refractivity contribution in [1.29, 1.82) is 0 Å². The van der Waals surface area contributed by atoms with Gasteiger partial charge in [-0.1, -0.05) is 19.8 Å². The minimum Gasteiger partial charge on any atom is -0.484 e. The van der Waals surface area contributed by atoms with Crippen LogP contribution in [0.5, 0.6) is 5.75 Å². The molecule has 1 aliphatic carbocycles. The summed E-state index contributed by atoms with van der Waals surface area (Å²) in [7, 11) is 0. The van der Waals surface area contributed by atoms with E-state index in [0.29, 0.717) is 17.2 Å². The SMILES string of the molecule is CC(=O)c1ccc(OCC(=O)N[C@@H]2CCCC[C@H]2C)cc1. The summed E-state index contributed by atoms with van der Waals surface area (Å²) in [6.07, 6.45) is 4.67. The highest BCUT2D eigenvalue weighted by Crippen LogP contribution is 2.23. The van der Waals surface area contributed by atoms with Crippen molar-refractivity contribution < 1.29 is 14.3 Å². The van der Waals surface area contributed by atoms with Gasteiger partial charge < -0.3 is 10.1 Å². The molecule has 4 heteroatoms. The van der Waals surface area contributed by atoms with Gasteiger partial charge in [-0.3, -0.25) is 9.59 Å². The van der Waals surface area contributed by atoms with Gasteiger partial charge in [0, 0.05) is 11.6 Å². The molecule has 1 aromatic carbocycles. The third-order valence-corrected chi connectivity index (χ3v) is 4.09. The molecule has 0 spiro atoms. The number of rotatable bonds is 5. The summed E-state index contributed by atoms with van der Waals surface area (Å²) in [5.41, 5.74) is 0.642. The van der Waals surface area contributed by atoms with Crippen molar-refractivity contribution in [2.75, 3.05) is 6.61 Å². The fourth-order valence-electron chi connectivity index (χ4n) is 2.71. The van der Waals surface area contributed by atoms with E-state index in [1.54, 1.807) is 24.3 Å². The summed E-state index contributed by atoms with van der Waals surface area (Å²) >= 11 is 0. The fraction of sp³-hybridized carbons (Fsp3) is 0.529. The number of carbonyl (C=O) groups excluding carboxylic acids is 2. The van der Waals surface area contributed by atoms with Crippen LogP contribution in [0, 0.1) is 5.92 Å². The highest BCUT2D eigenvalue weighted by molar-refractivity contribution is 5.94. The molecule has 0 saturated heterocycles. The Balaban J connectivity index is 1.79. The highest BCUT2D eigenvalue weighted by Gasteiger charge is 2.22.